The second-order valence-electron chi connectivity index (χ2n) is 3.76. The van der Waals surface area contributed by atoms with Crippen LogP contribution < -0.4 is 5.32 Å². The number of rotatable bonds is 2. The molecule has 1 fully saturated rings. The van der Waals surface area contributed by atoms with Crippen molar-refractivity contribution in [2.75, 3.05) is 12.8 Å². The summed E-state index contributed by atoms with van der Waals surface area (Å²) in [5.41, 5.74) is 0.102. The molecule has 1 N–H and O–H groups in total. The lowest BCUT2D eigenvalue weighted by molar-refractivity contribution is 0.445. The van der Waals surface area contributed by atoms with Crippen molar-refractivity contribution < 1.29 is 13.2 Å². The number of hydrogen-bond donors (Lipinski definition) is 1. The first-order valence-electron chi connectivity index (χ1n) is 5.10. The number of nitrogens with one attached hydrogen (secondary N) is 1. The minimum Gasteiger partial charge on any atom is -0.310 e. The van der Waals surface area contributed by atoms with E-state index in [4.69, 9.17) is 0 Å². The van der Waals surface area contributed by atoms with Crippen molar-refractivity contribution in [1.29, 1.82) is 0 Å². The molecule has 1 aliphatic rings. The molecule has 16 heavy (non-hydrogen) atoms. The van der Waals surface area contributed by atoms with E-state index >= 15 is 0 Å². The van der Waals surface area contributed by atoms with E-state index in [0.29, 0.717) is 6.42 Å². The molecule has 0 amide bonds. The molecular formula is C11H12F3NS. The van der Waals surface area contributed by atoms with Crippen LogP contribution in [0.5, 0.6) is 0 Å². The minimum absolute atomic E-state index is 0.102. The van der Waals surface area contributed by atoms with Crippen molar-refractivity contribution in [3.05, 3.63) is 29.1 Å². The summed E-state index contributed by atoms with van der Waals surface area (Å²) in [6.07, 6.45) is 3.14. The third kappa shape index (κ3) is 1.94. The Hall–Kier alpha value is -0.680. The molecule has 1 atom stereocenters. The quantitative estimate of drug-likeness (QED) is 0.636. The first-order valence-corrected chi connectivity index (χ1v) is 6.32. The van der Waals surface area contributed by atoms with E-state index in [1.165, 1.54) is 6.26 Å². The summed E-state index contributed by atoms with van der Waals surface area (Å²) in [6.45, 7) is 0.762. The van der Waals surface area contributed by atoms with E-state index in [-0.39, 0.29) is 16.5 Å². The van der Waals surface area contributed by atoms with Gasteiger partial charge in [0.05, 0.1) is 4.90 Å². The van der Waals surface area contributed by atoms with Gasteiger partial charge in [0.25, 0.3) is 0 Å². The van der Waals surface area contributed by atoms with E-state index in [2.05, 4.69) is 5.32 Å². The van der Waals surface area contributed by atoms with Crippen LogP contribution in [0.4, 0.5) is 13.2 Å². The third-order valence-electron chi connectivity index (χ3n) is 2.78. The predicted octanol–water partition coefficient (Wildman–Crippen LogP) is 3.25. The van der Waals surface area contributed by atoms with Crippen LogP contribution in [0.3, 0.4) is 0 Å². The van der Waals surface area contributed by atoms with Gasteiger partial charge in [0.15, 0.2) is 11.6 Å². The molecular weight excluding hydrogens is 235 g/mol. The van der Waals surface area contributed by atoms with E-state index < -0.39 is 17.5 Å². The van der Waals surface area contributed by atoms with Crippen molar-refractivity contribution in [2.45, 2.75) is 23.8 Å². The van der Waals surface area contributed by atoms with E-state index in [0.717, 1.165) is 30.8 Å². The average Bonchev–Trinajstić information content (AvgIpc) is 2.77. The third-order valence-corrected chi connectivity index (χ3v) is 3.57. The first-order chi connectivity index (χ1) is 7.65. The van der Waals surface area contributed by atoms with E-state index in [9.17, 15) is 13.2 Å². The van der Waals surface area contributed by atoms with Gasteiger partial charge in [0.1, 0.15) is 5.82 Å². The van der Waals surface area contributed by atoms with Crippen molar-refractivity contribution >= 4 is 11.8 Å². The molecule has 5 heteroatoms. The first kappa shape index (κ1) is 11.8. The molecule has 1 saturated heterocycles. The summed E-state index contributed by atoms with van der Waals surface area (Å²) in [4.78, 5) is -0.251. The number of thioether (sulfide) groups is 1. The predicted molar refractivity (Wildman–Crippen MR) is 58.1 cm³/mol. The Morgan fingerprint density at radius 3 is 2.62 bits per heavy atom. The number of hydrogen-bond acceptors (Lipinski definition) is 2. The lowest BCUT2D eigenvalue weighted by Gasteiger charge is -2.14. The van der Waals surface area contributed by atoms with Gasteiger partial charge in [-0.15, -0.1) is 11.8 Å². The Balaban J connectivity index is 2.46. The molecule has 88 valence electrons. The normalized spacial score (nSPS) is 20.4. The van der Waals surface area contributed by atoms with Gasteiger partial charge in [0.2, 0.25) is 0 Å². The fourth-order valence-electron chi connectivity index (χ4n) is 1.99. The van der Waals surface area contributed by atoms with Crippen LogP contribution in [0.25, 0.3) is 0 Å². The highest BCUT2D eigenvalue weighted by atomic mass is 32.2. The Labute approximate surface area is 96.4 Å². The van der Waals surface area contributed by atoms with Crippen molar-refractivity contribution in [2.24, 2.45) is 0 Å². The number of halogens is 3. The monoisotopic (exact) mass is 247 g/mol. The van der Waals surface area contributed by atoms with Crippen LogP contribution in [-0.4, -0.2) is 12.8 Å². The van der Waals surface area contributed by atoms with Crippen LogP contribution in [0.1, 0.15) is 24.4 Å². The molecule has 0 aliphatic carbocycles. The Morgan fingerprint density at radius 2 is 2.06 bits per heavy atom. The zero-order valence-electron chi connectivity index (χ0n) is 8.82. The van der Waals surface area contributed by atoms with Crippen LogP contribution in [0.2, 0.25) is 0 Å². The summed E-state index contributed by atoms with van der Waals surface area (Å²) in [6, 6.07) is 0.840. The summed E-state index contributed by atoms with van der Waals surface area (Å²) in [5, 5.41) is 3.03. The van der Waals surface area contributed by atoms with Gasteiger partial charge in [-0.2, -0.15) is 0 Å². The Kier molecular flexibility index (Phi) is 3.44. The molecule has 1 nitrogen and oxygen atoms in total. The molecule has 1 unspecified atom stereocenters. The summed E-state index contributed by atoms with van der Waals surface area (Å²) < 4.78 is 40.7. The maximum atomic E-state index is 13.7. The topological polar surface area (TPSA) is 12.0 Å². The van der Waals surface area contributed by atoms with Gasteiger partial charge >= 0.3 is 0 Å². The molecule has 2 rings (SSSR count). The standard InChI is InChI=1S/C11H12F3NS/c1-16-11-7(12)5-6(9(13)10(11)14)8-3-2-4-15-8/h5,8,15H,2-4H2,1H3. The zero-order valence-corrected chi connectivity index (χ0v) is 9.63. The fraction of sp³-hybridized carbons (Fsp3) is 0.455. The van der Waals surface area contributed by atoms with E-state index in [1.54, 1.807) is 0 Å². The van der Waals surface area contributed by atoms with Crippen molar-refractivity contribution in [1.82, 2.24) is 5.32 Å². The Morgan fingerprint density at radius 1 is 1.31 bits per heavy atom. The van der Waals surface area contributed by atoms with Gasteiger partial charge in [-0.3, -0.25) is 0 Å². The van der Waals surface area contributed by atoms with Crippen molar-refractivity contribution in [3.63, 3.8) is 0 Å². The Bertz CT molecular complexity index is 403. The van der Waals surface area contributed by atoms with Gasteiger partial charge in [0, 0.05) is 11.6 Å². The summed E-state index contributed by atoms with van der Waals surface area (Å²) >= 11 is 0.877. The highest BCUT2D eigenvalue weighted by Crippen LogP contribution is 2.32. The summed E-state index contributed by atoms with van der Waals surface area (Å²) in [7, 11) is 0. The molecule has 0 saturated carbocycles. The molecule has 0 spiro atoms. The maximum absolute atomic E-state index is 13.7. The minimum atomic E-state index is -1.07. The second kappa shape index (κ2) is 4.67. The molecule has 0 radical (unpaired) electrons. The SMILES string of the molecule is CSc1c(F)cc(C2CCCN2)c(F)c1F. The molecule has 1 aromatic rings. The largest absolute Gasteiger partial charge is 0.310 e. The number of benzene rings is 1. The maximum Gasteiger partial charge on any atom is 0.175 e. The van der Waals surface area contributed by atoms with Gasteiger partial charge in [-0.25, -0.2) is 13.2 Å². The smallest absolute Gasteiger partial charge is 0.175 e. The highest BCUT2D eigenvalue weighted by Gasteiger charge is 2.25. The van der Waals surface area contributed by atoms with Crippen LogP contribution in [-0.2, 0) is 0 Å². The molecule has 0 bridgehead atoms. The lowest BCUT2D eigenvalue weighted by Crippen LogP contribution is -2.15. The zero-order chi connectivity index (χ0) is 11.7. The molecule has 1 heterocycles. The lowest BCUT2D eigenvalue weighted by atomic mass is 10.0. The molecule has 1 aliphatic heterocycles. The van der Waals surface area contributed by atoms with Crippen molar-refractivity contribution in [3.8, 4) is 0 Å². The highest BCUT2D eigenvalue weighted by molar-refractivity contribution is 7.98. The molecule has 0 aromatic heterocycles. The van der Waals surface area contributed by atoms with Gasteiger partial charge in [-0.05, 0) is 31.7 Å². The average molecular weight is 247 g/mol. The van der Waals surface area contributed by atoms with E-state index in [1.807, 2.05) is 0 Å². The van der Waals surface area contributed by atoms with Crippen LogP contribution in [0, 0.1) is 17.5 Å². The van der Waals surface area contributed by atoms with Gasteiger partial charge < -0.3 is 5.32 Å². The summed E-state index contributed by atoms with van der Waals surface area (Å²) in [5.74, 6) is -2.68. The van der Waals surface area contributed by atoms with Crippen LogP contribution in [0.15, 0.2) is 11.0 Å². The second-order valence-corrected chi connectivity index (χ2v) is 4.57. The fourth-order valence-corrected chi connectivity index (χ4v) is 2.51. The van der Waals surface area contributed by atoms with Gasteiger partial charge in [-0.1, -0.05) is 0 Å². The van der Waals surface area contributed by atoms with Crippen LogP contribution >= 0.6 is 11.8 Å². The molecule has 1 aromatic carbocycles.